The summed E-state index contributed by atoms with van der Waals surface area (Å²) in [6.45, 7) is 2.25. The van der Waals surface area contributed by atoms with Crippen LogP contribution in [0, 0.1) is 0 Å². The number of rotatable bonds is 12. The molecule has 0 bridgehead atoms. The molecule has 1 N–H and O–H groups in total. The van der Waals surface area contributed by atoms with Crippen LogP contribution in [0.15, 0.2) is 60.7 Å². The van der Waals surface area contributed by atoms with Crippen LogP contribution in [-0.2, 0) is 4.79 Å². The van der Waals surface area contributed by atoms with Crippen molar-refractivity contribution in [1.82, 2.24) is 5.32 Å². The van der Waals surface area contributed by atoms with E-state index in [1.807, 2.05) is 36.4 Å². The zero-order chi connectivity index (χ0) is 18.5. The molecule has 0 saturated carbocycles. The quantitative estimate of drug-likeness (QED) is 0.439. The summed E-state index contributed by atoms with van der Waals surface area (Å²) < 4.78 is 0. The Morgan fingerprint density at radius 3 is 1.69 bits per heavy atom. The molecule has 140 valence electrons. The summed E-state index contributed by atoms with van der Waals surface area (Å²) in [5.74, 6) is 0.147. The summed E-state index contributed by atoms with van der Waals surface area (Å²) in [4.78, 5) is 12.5. The molecule has 2 nitrogen and oxygen atoms in total. The lowest BCUT2D eigenvalue weighted by Crippen LogP contribution is -2.29. The van der Waals surface area contributed by atoms with E-state index in [9.17, 15) is 4.79 Å². The average molecular weight is 352 g/mol. The first-order valence-corrected chi connectivity index (χ1v) is 10.2. The van der Waals surface area contributed by atoms with Gasteiger partial charge in [-0.15, -0.1) is 0 Å². The molecule has 2 aromatic rings. The van der Waals surface area contributed by atoms with Gasteiger partial charge in [-0.05, 0) is 17.5 Å². The lowest BCUT2D eigenvalue weighted by atomic mass is 9.98. The van der Waals surface area contributed by atoms with Gasteiger partial charge in [0.15, 0.2) is 0 Å². The number of unbranched alkanes of at least 4 members (excludes halogenated alkanes) is 7. The molecule has 0 aliphatic rings. The minimum Gasteiger partial charge on any atom is -0.345 e. The summed E-state index contributed by atoms with van der Waals surface area (Å²) in [5, 5.41) is 3.23. The fraction of sp³-hybridized carbons (Fsp3) is 0.458. The van der Waals surface area contributed by atoms with Gasteiger partial charge in [-0.1, -0.05) is 113 Å². The number of benzene rings is 2. The molecule has 0 radical (unpaired) electrons. The van der Waals surface area contributed by atoms with Gasteiger partial charge in [0.1, 0.15) is 0 Å². The molecule has 0 atom stereocenters. The van der Waals surface area contributed by atoms with Crippen LogP contribution in [0.25, 0.3) is 0 Å². The number of hydrogen-bond acceptors (Lipinski definition) is 1. The number of hydrogen-bond donors (Lipinski definition) is 1. The highest BCUT2D eigenvalue weighted by atomic mass is 16.1. The van der Waals surface area contributed by atoms with Gasteiger partial charge in [0.25, 0.3) is 0 Å². The minimum absolute atomic E-state index is 0.0704. The van der Waals surface area contributed by atoms with Gasteiger partial charge in [0, 0.05) is 6.42 Å². The highest BCUT2D eigenvalue weighted by Crippen LogP contribution is 2.22. The highest BCUT2D eigenvalue weighted by molar-refractivity contribution is 5.77. The molecule has 2 heteroatoms. The molecule has 0 aromatic heterocycles. The fourth-order valence-corrected chi connectivity index (χ4v) is 3.30. The van der Waals surface area contributed by atoms with E-state index in [4.69, 9.17) is 0 Å². The van der Waals surface area contributed by atoms with Crippen LogP contribution in [0.1, 0.15) is 81.9 Å². The maximum absolute atomic E-state index is 12.5. The molecular formula is C24H33NO. The molecule has 0 saturated heterocycles. The SMILES string of the molecule is CCCCCCCCCCC(=O)NC(c1ccccc1)c1ccccc1. The average Bonchev–Trinajstić information content (AvgIpc) is 2.69. The predicted octanol–water partition coefficient (Wildman–Crippen LogP) is 6.42. The molecule has 0 fully saturated rings. The van der Waals surface area contributed by atoms with Gasteiger partial charge < -0.3 is 5.32 Å². The molecule has 2 aromatic carbocycles. The van der Waals surface area contributed by atoms with Gasteiger partial charge in [-0.2, -0.15) is 0 Å². The molecule has 26 heavy (non-hydrogen) atoms. The summed E-state index contributed by atoms with van der Waals surface area (Å²) in [7, 11) is 0. The Morgan fingerprint density at radius 2 is 1.19 bits per heavy atom. The van der Waals surface area contributed by atoms with E-state index in [0.717, 1.165) is 24.0 Å². The van der Waals surface area contributed by atoms with Crippen LogP contribution >= 0.6 is 0 Å². The van der Waals surface area contributed by atoms with E-state index in [1.54, 1.807) is 0 Å². The minimum atomic E-state index is -0.0704. The second kappa shape index (κ2) is 12.3. The first kappa shape index (κ1) is 20.2. The summed E-state index contributed by atoms with van der Waals surface area (Å²) in [6, 6.07) is 20.4. The molecule has 0 aliphatic heterocycles. The lowest BCUT2D eigenvalue weighted by Gasteiger charge is -2.20. The third-order valence-electron chi connectivity index (χ3n) is 4.83. The zero-order valence-electron chi connectivity index (χ0n) is 16.1. The Labute approximate surface area is 159 Å². The predicted molar refractivity (Wildman–Crippen MR) is 110 cm³/mol. The Bertz CT molecular complexity index is 569. The van der Waals surface area contributed by atoms with Crippen molar-refractivity contribution in [2.24, 2.45) is 0 Å². The van der Waals surface area contributed by atoms with Gasteiger partial charge >= 0.3 is 0 Å². The molecule has 0 spiro atoms. The summed E-state index contributed by atoms with van der Waals surface area (Å²) in [5.41, 5.74) is 2.26. The van der Waals surface area contributed by atoms with Crippen molar-refractivity contribution in [3.8, 4) is 0 Å². The third-order valence-corrected chi connectivity index (χ3v) is 4.83. The van der Waals surface area contributed by atoms with Crippen LogP contribution in [0.3, 0.4) is 0 Å². The van der Waals surface area contributed by atoms with Crippen molar-refractivity contribution in [2.75, 3.05) is 0 Å². The smallest absolute Gasteiger partial charge is 0.220 e. The van der Waals surface area contributed by atoms with E-state index >= 15 is 0 Å². The van der Waals surface area contributed by atoms with Crippen LogP contribution in [-0.4, -0.2) is 5.91 Å². The van der Waals surface area contributed by atoms with E-state index < -0.39 is 0 Å². The molecular weight excluding hydrogens is 318 g/mol. The number of nitrogens with one attached hydrogen (secondary N) is 1. The zero-order valence-corrected chi connectivity index (χ0v) is 16.1. The van der Waals surface area contributed by atoms with Crippen LogP contribution < -0.4 is 5.32 Å². The van der Waals surface area contributed by atoms with Crippen molar-refractivity contribution in [3.63, 3.8) is 0 Å². The number of carbonyl (C=O) groups is 1. The summed E-state index contributed by atoms with van der Waals surface area (Å²) >= 11 is 0. The van der Waals surface area contributed by atoms with Crippen LogP contribution in [0.4, 0.5) is 0 Å². The van der Waals surface area contributed by atoms with Crippen molar-refractivity contribution in [1.29, 1.82) is 0 Å². The van der Waals surface area contributed by atoms with Crippen LogP contribution in [0.2, 0.25) is 0 Å². The normalized spacial score (nSPS) is 10.8. The molecule has 1 amide bonds. The Kier molecular flexibility index (Phi) is 9.56. The van der Waals surface area contributed by atoms with E-state index in [2.05, 4.69) is 36.5 Å². The van der Waals surface area contributed by atoms with E-state index in [0.29, 0.717) is 6.42 Å². The number of carbonyl (C=O) groups excluding carboxylic acids is 1. The standard InChI is InChI=1S/C24H33NO/c1-2-3-4-5-6-7-8-15-20-23(26)25-24(21-16-11-9-12-17-21)22-18-13-10-14-19-22/h9-14,16-19,24H,2-8,15,20H2,1H3,(H,25,26). The maximum Gasteiger partial charge on any atom is 0.220 e. The van der Waals surface area contributed by atoms with Gasteiger partial charge in [0.2, 0.25) is 5.91 Å². The van der Waals surface area contributed by atoms with E-state index in [1.165, 1.54) is 38.5 Å². The third kappa shape index (κ3) is 7.43. The van der Waals surface area contributed by atoms with Gasteiger partial charge in [0.05, 0.1) is 6.04 Å². The molecule has 0 heterocycles. The Hall–Kier alpha value is -2.09. The van der Waals surface area contributed by atoms with E-state index in [-0.39, 0.29) is 11.9 Å². The maximum atomic E-state index is 12.5. The lowest BCUT2D eigenvalue weighted by molar-refractivity contribution is -0.121. The molecule has 0 unspecified atom stereocenters. The monoisotopic (exact) mass is 351 g/mol. The fourth-order valence-electron chi connectivity index (χ4n) is 3.30. The second-order valence-corrected chi connectivity index (χ2v) is 7.05. The summed E-state index contributed by atoms with van der Waals surface area (Å²) in [6.07, 6.45) is 10.6. The molecule has 0 aliphatic carbocycles. The largest absolute Gasteiger partial charge is 0.345 e. The first-order chi connectivity index (χ1) is 12.8. The van der Waals surface area contributed by atoms with Crippen molar-refractivity contribution in [3.05, 3.63) is 71.8 Å². The van der Waals surface area contributed by atoms with Gasteiger partial charge in [-0.25, -0.2) is 0 Å². The highest BCUT2D eigenvalue weighted by Gasteiger charge is 2.16. The van der Waals surface area contributed by atoms with Crippen molar-refractivity contribution < 1.29 is 4.79 Å². The van der Waals surface area contributed by atoms with Gasteiger partial charge in [-0.3, -0.25) is 4.79 Å². The topological polar surface area (TPSA) is 29.1 Å². The first-order valence-electron chi connectivity index (χ1n) is 10.2. The Morgan fingerprint density at radius 1 is 0.731 bits per heavy atom. The van der Waals surface area contributed by atoms with Crippen molar-refractivity contribution >= 4 is 5.91 Å². The van der Waals surface area contributed by atoms with Crippen molar-refractivity contribution in [2.45, 2.75) is 70.8 Å². The van der Waals surface area contributed by atoms with Crippen LogP contribution in [0.5, 0.6) is 0 Å². The number of amides is 1. The Balaban J connectivity index is 1.78. The second-order valence-electron chi connectivity index (χ2n) is 7.05. The molecule has 2 rings (SSSR count).